The number of ether oxygens (including phenoxy) is 1. The Balaban J connectivity index is 1.80. The van der Waals surface area contributed by atoms with Crippen LogP contribution in [0.15, 0.2) is 36.4 Å². The number of nitrogens with one attached hydrogen (secondary N) is 1. The summed E-state index contributed by atoms with van der Waals surface area (Å²) in [6, 6.07) is 12.3. The van der Waals surface area contributed by atoms with Gasteiger partial charge in [0.05, 0.1) is 6.54 Å². The number of aryl methyl sites for hydroxylation is 3. The van der Waals surface area contributed by atoms with E-state index in [2.05, 4.69) is 38.2 Å². The molecule has 1 amide bonds. The van der Waals surface area contributed by atoms with E-state index in [1.54, 1.807) is 0 Å². The molecule has 146 valence electrons. The minimum atomic E-state index is -0.00738. The second-order valence-electron chi connectivity index (χ2n) is 7.57. The maximum atomic E-state index is 12.3. The van der Waals surface area contributed by atoms with Crippen LogP contribution in [0, 0.1) is 20.8 Å². The zero-order chi connectivity index (χ0) is 20.0. The van der Waals surface area contributed by atoms with E-state index in [0.29, 0.717) is 25.6 Å². The number of hydrogen-bond acceptors (Lipinski definition) is 3. The lowest BCUT2D eigenvalue weighted by Gasteiger charge is -2.18. The molecule has 0 radical (unpaired) electrons. The van der Waals surface area contributed by atoms with Gasteiger partial charge < -0.3 is 10.1 Å². The van der Waals surface area contributed by atoms with Crippen molar-refractivity contribution in [1.82, 2.24) is 4.90 Å². The smallest absolute Gasteiger partial charge is 0.238 e. The van der Waals surface area contributed by atoms with Crippen molar-refractivity contribution < 1.29 is 9.53 Å². The van der Waals surface area contributed by atoms with Gasteiger partial charge in [0.2, 0.25) is 5.91 Å². The summed E-state index contributed by atoms with van der Waals surface area (Å²) in [5.41, 5.74) is 5.67. The van der Waals surface area contributed by atoms with Gasteiger partial charge in [-0.1, -0.05) is 38.1 Å². The average molecular weight is 369 g/mol. The third-order valence-electron chi connectivity index (χ3n) is 4.76. The Bertz CT molecular complexity index is 764. The van der Waals surface area contributed by atoms with Gasteiger partial charge in [-0.25, -0.2) is 0 Å². The number of rotatable bonds is 8. The monoisotopic (exact) mass is 368 g/mol. The number of amides is 1. The predicted molar refractivity (Wildman–Crippen MR) is 113 cm³/mol. The fourth-order valence-corrected chi connectivity index (χ4v) is 3.22. The molecule has 2 rings (SSSR count). The van der Waals surface area contributed by atoms with E-state index in [-0.39, 0.29) is 5.91 Å². The summed E-state index contributed by atoms with van der Waals surface area (Å²) >= 11 is 0. The van der Waals surface area contributed by atoms with Crippen LogP contribution in [-0.2, 0) is 4.79 Å². The third kappa shape index (κ3) is 6.10. The van der Waals surface area contributed by atoms with E-state index in [1.807, 2.05) is 50.1 Å². The van der Waals surface area contributed by atoms with Crippen molar-refractivity contribution >= 4 is 11.6 Å². The molecule has 0 aliphatic rings. The number of para-hydroxylation sites is 1. The summed E-state index contributed by atoms with van der Waals surface area (Å²) in [6.07, 6.45) is 0. The second-order valence-corrected chi connectivity index (χ2v) is 7.57. The summed E-state index contributed by atoms with van der Waals surface area (Å²) in [6.45, 7) is 12.1. The first kappa shape index (κ1) is 21.0. The molecule has 1 N–H and O–H groups in total. The molecule has 0 saturated heterocycles. The van der Waals surface area contributed by atoms with Crippen molar-refractivity contribution in [3.63, 3.8) is 0 Å². The molecule has 2 aromatic carbocycles. The van der Waals surface area contributed by atoms with Gasteiger partial charge in [0.25, 0.3) is 0 Å². The Morgan fingerprint density at radius 2 is 1.74 bits per heavy atom. The molecule has 0 fully saturated rings. The molecule has 4 nitrogen and oxygen atoms in total. The fourth-order valence-electron chi connectivity index (χ4n) is 3.22. The van der Waals surface area contributed by atoms with Gasteiger partial charge in [-0.3, -0.25) is 9.69 Å². The minimum Gasteiger partial charge on any atom is -0.492 e. The summed E-state index contributed by atoms with van der Waals surface area (Å²) in [5.74, 6) is 1.39. The van der Waals surface area contributed by atoms with Crippen LogP contribution < -0.4 is 10.1 Å². The van der Waals surface area contributed by atoms with Crippen LogP contribution in [0.3, 0.4) is 0 Å². The van der Waals surface area contributed by atoms with Crippen LogP contribution in [0.4, 0.5) is 5.69 Å². The quantitative estimate of drug-likeness (QED) is 0.735. The minimum absolute atomic E-state index is 0.00738. The highest BCUT2D eigenvalue weighted by Crippen LogP contribution is 2.23. The Hall–Kier alpha value is -2.33. The van der Waals surface area contributed by atoms with Gasteiger partial charge in [0, 0.05) is 12.2 Å². The van der Waals surface area contributed by atoms with Gasteiger partial charge in [-0.05, 0) is 68.1 Å². The number of carbonyl (C=O) groups excluding carboxylic acids is 1. The maximum absolute atomic E-state index is 12.3. The lowest BCUT2D eigenvalue weighted by atomic mass is 9.98. The van der Waals surface area contributed by atoms with Crippen LogP contribution >= 0.6 is 0 Å². The predicted octanol–water partition coefficient (Wildman–Crippen LogP) is 4.68. The molecule has 0 spiro atoms. The largest absolute Gasteiger partial charge is 0.492 e. The zero-order valence-electron chi connectivity index (χ0n) is 17.4. The average Bonchev–Trinajstić information content (AvgIpc) is 2.58. The van der Waals surface area contributed by atoms with Crippen molar-refractivity contribution in [2.24, 2.45) is 0 Å². The molecular weight excluding hydrogens is 336 g/mol. The Kier molecular flexibility index (Phi) is 7.43. The highest BCUT2D eigenvalue weighted by Gasteiger charge is 2.10. The van der Waals surface area contributed by atoms with Crippen LogP contribution in [0.5, 0.6) is 5.75 Å². The number of carbonyl (C=O) groups is 1. The molecule has 0 aliphatic carbocycles. The molecule has 0 unspecified atom stereocenters. The molecule has 27 heavy (non-hydrogen) atoms. The topological polar surface area (TPSA) is 41.6 Å². The van der Waals surface area contributed by atoms with Crippen LogP contribution in [-0.4, -0.2) is 37.6 Å². The zero-order valence-corrected chi connectivity index (χ0v) is 17.4. The Morgan fingerprint density at radius 1 is 1.07 bits per heavy atom. The molecule has 4 heteroatoms. The molecular formula is C23H32N2O2. The first-order valence-electron chi connectivity index (χ1n) is 9.56. The van der Waals surface area contributed by atoms with Gasteiger partial charge in [0.1, 0.15) is 12.4 Å². The number of hydrogen-bond donors (Lipinski definition) is 1. The van der Waals surface area contributed by atoms with Gasteiger partial charge in [0.15, 0.2) is 0 Å². The highest BCUT2D eigenvalue weighted by atomic mass is 16.5. The summed E-state index contributed by atoms with van der Waals surface area (Å²) in [5, 5.41) is 3.02. The van der Waals surface area contributed by atoms with Crippen LogP contribution in [0.2, 0.25) is 0 Å². The van der Waals surface area contributed by atoms with E-state index in [9.17, 15) is 4.79 Å². The van der Waals surface area contributed by atoms with Crippen molar-refractivity contribution in [1.29, 1.82) is 0 Å². The van der Waals surface area contributed by atoms with E-state index in [4.69, 9.17) is 4.74 Å². The van der Waals surface area contributed by atoms with Gasteiger partial charge >= 0.3 is 0 Å². The standard InChI is InChI=1S/C23H32N2O2/c1-16(2)21-11-10-20(14-19(21)5)27-13-12-25(6)15-22(26)24-23-17(3)8-7-9-18(23)4/h7-11,14,16H,12-13,15H2,1-6H3,(H,24,26). The Labute approximate surface area is 163 Å². The van der Waals surface area contributed by atoms with E-state index in [0.717, 1.165) is 22.6 Å². The van der Waals surface area contributed by atoms with Crippen molar-refractivity contribution in [3.05, 3.63) is 58.7 Å². The van der Waals surface area contributed by atoms with E-state index in [1.165, 1.54) is 11.1 Å². The number of anilines is 1. The highest BCUT2D eigenvalue weighted by molar-refractivity contribution is 5.93. The lowest BCUT2D eigenvalue weighted by Crippen LogP contribution is -2.33. The Morgan fingerprint density at radius 3 is 2.33 bits per heavy atom. The van der Waals surface area contributed by atoms with Crippen LogP contribution in [0.1, 0.15) is 42.0 Å². The van der Waals surface area contributed by atoms with Crippen molar-refractivity contribution in [2.75, 3.05) is 32.1 Å². The second kappa shape index (κ2) is 9.56. The van der Waals surface area contributed by atoms with Gasteiger partial charge in [-0.15, -0.1) is 0 Å². The van der Waals surface area contributed by atoms with Crippen molar-refractivity contribution in [2.45, 2.75) is 40.5 Å². The molecule has 0 heterocycles. The molecule has 0 saturated carbocycles. The van der Waals surface area contributed by atoms with Gasteiger partial charge in [-0.2, -0.15) is 0 Å². The molecule has 0 aromatic heterocycles. The number of benzene rings is 2. The van der Waals surface area contributed by atoms with E-state index < -0.39 is 0 Å². The summed E-state index contributed by atoms with van der Waals surface area (Å²) in [4.78, 5) is 14.3. The maximum Gasteiger partial charge on any atom is 0.238 e. The van der Waals surface area contributed by atoms with E-state index >= 15 is 0 Å². The summed E-state index contributed by atoms with van der Waals surface area (Å²) in [7, 11) is 1.93. The SMILES string of the molecule is Cc1cc(OCCN(C)CC(=O)Nc2c(C)cccc2C)ccc1C(C)C. The third-order valence-corrected chi connectivity index (χ3v) is 4.76. The number of nitrogens with zero attached hydrogens (tertiary/aromatic N) is 1. The fraction of sp³-hybridized carbons (Fsp3) is 0.435. The van der Waals surface area contributed by atoms with Crippen LogP contribution in [0.25, 0.3) is 0 Å². The summed E-state index contributed by atoms with van der Waals surface area (Å²) < 4.78 is 5.86. The normalized spacial score (nSPS) is 11.1. The molecule has 0 bridgehead atoms. The van der Waals surface area contributed by atoms with Crippen molar-refractivity contribution in [3.8, 4) is 5.75 Å². The molecule has 0 aliphatic heterocycles. The lowest BCUT2D eigenvalue weighted by molar-refractivity contribution is -0.117. The molecule has 2 aromatic rings. The first-order chi connectivity index (χ1) is 12.8. The molecule has 0 atom stereocenters. The first-order valence-corrected chi connectivity index (χ1v) is 9.56. The number of likely N-dealkylation sites (N-methyl/N-ethyl adjacent to an activating group) is 1.